The van der Waals surface area contributed by atoms with Crippen molar-refractivity contribution in [1.29, 1.82) is 0 Å². The number of benzene rings is 3. The monoisotopic (exact) mass is 400 g/mol. The smallest absolute Gasteiger partial charge is 0.416 e. The number of halogens is 3. The summed E-state index contributed by atoms with van der Waals surface area (Å²) >= 11 is 0. The number of ether oxygens (including phenoxy) is 1. The molecule has 0 unspecified atom stereocenters. The number of hydrogen-bond acceptors (Lipinski definition) is 3. The Bertz CT molecular complexity index is 960. The fourth-order valence-corrected chi connectivity index (χ4v) is 2.60. The zero-order chi connectivity index (χ0) is 20.7. The summed E-state index contributed by atoms with van der Waals surface area (Å²) in [4.78, 5) is 12.1. The highest BCUT2D eigenvalue weighted by Crippen LogP contribution is 2.30. The van der Waals surface area contributed by atoms with E-state index in [9.17, 15) is 18.0 Å². The Morgan fingerprint density at radius 2 is 1.59 bits per heavy atom. The minimum Gasteiger partial charge on any atom is -0.489 e. The quantitative estimate of drug-likeness (QED) is 0.563. The highest BCUT2D eigenvalue weighted by molar-refractivity contribution is 5.93. The molecule has 0 aliphatic heterocycles. The Balaban J connectivity index is 1.52. The molecule has 0 saturated carbocycles. The number of hydrogen-bond donors (Lipinski definition) is 2. The molecule has 29 heavy (non-hydrogen) atoms. The van der Waals surface area contributed by atoms with Crippen LogP contribution >= 0.6 is 0 Å². The summed E-state index contributed by atoms with van der Waals surface area (Å²) in [5, 5.41) is 5.39. The van der Waals surface area contributed by atoms with E-state index in [0.29, 0.717) is 18.0 Å². The van der Waals surface area contributed by atoms with Crippen LogP contribution in [0.15, 0.2) is 78.9 Å². The number of carbonyl (C=O) groups excluding carboxylic acids is 1. The fraction of sp³-hybridized carbons (Fsp3) is 0.136. The maximum Gasteiger partial charge on any atom is 0.416 e. The molecule has 2 N–H and O–H groups in total. The maximum absolute atomic E-state index is 12.7. The Hall–Kier alpha value is -3.48. The molecule has 0 aliphatic carbocycles. The van der Waals surface area contributed by atoms with Gasteiger partial charge in [0.15, 0.2) is 0 Å². The molecule has 0 atom stereocenters. The minimum absolute atomic E-state index is 0.0894. The normalized spacial score (nSPS) is 11.0. The third kappa shape index (κ3) is 6.27. The lowest BCUT2D eigenvalue weighted by molar-refractivity contribution is -0.137. The van der Waals surface area contributed by atoms with Gasteiger partial charge in [-0.2, -0.15) is 13.2 Å². The van der Waals surface area contributed by atoms with Crippen molar-refractivity contribution in [3.05, 3.63) is 90.0 Å². The van der Waals surface area contributed by atoms with E-state index in [0.717, 1.165) is 17.7 Å². The van der Waals surface area contributed by atoms with Crippen molar-refractivity contribution >= 4 is 17.3 Å². The van der Waals surface area contributed by atoms with E-state index in [1.165, 1.54) is 12.1 Å². The van der Waals surface area contributed by atoms with Crippen molar-refractivity contribution < 1.29 is 22.7 Å². The van der Waals surface area contributed by atoms with Gasteiger partial charge in [-0.3, -0.25) is 4.79 Å². The first-order valence-electron chi connectivity index (χ1n) is 8.88. The van der Waals surface area contributed by atoms with Gasteiger partial charge in [-0.15, -0.1) is 0 Å². The summed E-state index contributed by atoms with van der Waals surface area (Å²) in [6.07, 6.45) is -4.46. The average molecular weight is 400 g/mol. The maximum atomic E-state index is 12.7. The second-order valence-corrected chi connectivity index (χ2v) is 6.28. The molecule has 0 heterocycles. The van der Waals surface area contributed by atoms with Crippen LogP contribution in [0.5, 0.6) is 5.75 Å². The summed E-state index contributed by atoms with van der Waals surface area (Å²) in [6.45, 7) is 0.318. The minimum atomic E-state index is -4.46. The van der Waals surface area contributed by atoms with Crippen LogP contribution in [0.4, 0.5) is 24.5 Å². The molecule has 0 radical (unpaired) electrons. The molecule has 1 amide bonds. The zero-order valence-corrected chi connectivity index (χ0v) is 15.4. The fourth-order valence-electron chi connectivity index (χ4n) is 2.60. The van der Waals surface area contributed by atoms with Gasteiger partial charge in [0.2, 0.25) is 5.91 Å². The molecular weight excluding hydrogens is 381 g/mol. The Morgan fingerprint density at radius 3 is 2.34 bits per heavy atom. The van der Waals surface area contributed by atoms with Crippen LogP contribution in [0.25, 0.3) is 0 Å². The predicted octanol–water partition coefficient (Wildman–Crippen LogP) is 5.34. The molecule has 0 aromatic heterocycles. The van der Waals surface area contributed by atoms with Crippen molar-refractivity contribution in [2.45, 2.75) is 12.8 Å². The van der Waals surface area contributed by atoms with Crippen molar-refractivity contribution in [3.8, 4) is 5.75 Å². The molecule has 0 saturated heterocycles. The number of rotatable bonds is 7. The predicted molar refractivity (Wildman–Crippen MR) is 106 cm³/mol. The standard InChI is InChI=1S/C22H19F3N2O2/c23-22(24,25)17-8-4-10-19(12-17)27-21(28)14-26-18-9-5-11-20(13-18)29-15-16-6-2-1-3-7-16/h1-13,26H,14-15H2,(H,27,28). The van der Waals surface area contributed by atoms with Gasteiger partial charge < -0.3 is 15.4 Å². The lowest BCUT2D eigenvalue weighted by Gasteiger charge is -2.12. The molecule has 3 rings (SSSR count). The highest BCUT2D eigenvalue weighted by Gasteiger charge is 2.30. The Kier molecular flexibility index (Phi) is 6.39. The summed E-state index contributed by atoms with van der Waals surface area (Å²) in [5.41, 5.74) is 0.971. The first-order valence-corrected chi connectivity index (χ1v) is 8.88. The van der Waals surface area contributed by atoms with E-state index in [1.54, 1.807) is 24.3 Å². The number of amides is 1. The van der Waals surface area contributed by atoms with Crippen LogP contribution in [0.2, 0.25) is 0 Å². The lowest BCUT2D eigenvalue weighted by atomic mass is 10.2. The summed E-state index contributed by atoms with van der Waals surface area (Å²) in [5.74, 6) is 0.178. The van der Waals surface area contributed by atoms with Gasteiger partial charge in [0, 0.05) is 17.4 Å². The third-order valence-corrected chi connectivity index (χ3v) is 4.01. The van der Waals surface area contributed by atoms with Crippen molar-refractivity contribution in [1.82, 2.24) is 0 Å². The second kappa shape index (κ2) is 9.14. The number of nitrogens with one attached hydrogen (secondary N) is 2. The van der Waals surface area contributed by atoms with Gasteiger partial charge in [0.25, 0.3) is 0 Å². The van der Waals surface area contributed by atoms with Crippen LogP contribution in [0.3, 0.4) is 0 Å². The molecule has 150 valence electrons. The third-order valence-electron chi connectivity index (χ3n) is 4.01. The van der Waals surface area contributed by atoms with E-state index in [1.807, 2.05) is 30.3 Å². The van der Waals surface area contributed by atoms with Crippen LogP contribution in [-0.4, -0.2) is 12.5 Å². The molecule has 0 aliphatic rings. The summed E-state index contributed by atoms with van der Waals surface area (Å²) in [7, 11) is 0. The van der Waals surface area contributed by atoms with E-state index >= 15 is 0 Å². The van der Waals surface area contributed by atoms with Gasteiger partial charge in [-0.1, -0.05) is 42.5 Å². The van der Waals surface area contributed by atoms with Gasteiger partial charge in [0.05, 0.1) is 12.1 Å². The molecule has 0 fully saturated rings. The molecule has 3 aromatic rings. The van der Waals surface area contributed by atoms with Crippen LogP contribution in [-0.2, 0) is 17.6 Å². The van der Waals surface area contributed by atoms with Crippen molar-refractivity contribution in [2.24, 2.45) is 0 Å². The molecule has 0 bridgehead atoms. The summed E-state index contributed by atoms with van der Waals surface area (Å²) in [6, 6.07) is 21.3. The van der Waals surface area contributed by atoms with Crippen LogP contribution < -0.4 is 15.4 Å². The number of anilines is 2. The molecule has 0 spiro atoms. The molecule has 7 heteroatoms. The Labute approximate surface area is 166 Å². The topological polar surface area (TPSA) is 50.4 Å². The highest BCUT2D eigenvalue weighted by atomic mass is 19.4. The van der Waals surface area contributed by atoms with Gasteiger partial charge in [0.1, 0.15) is 12.4 Å². The van der Waals surface area contributed by atoms with E-state index < -0.39 is 17.6 Å². The van der Waals surface area contributed by atoms with Crippen molar-refractivity contribution in [3.63, 3.8) is 0 Å². The van der Waals surface area contributed by atoms with E-state index in [-0.39, 0.29) is 12.2 Å². The average Bonchev–Trinajstić information content (AvgIpc) is 2.71. The largest absolute Gasteiger partial charge is 0.489 e. The van der Waals surface area contributed by atoms with Gasteiger partial charge >= 0.3 is 6.18 Å². The molecule has 4 nitrogen and oxygen atoms in total. The lowest BCUT2D eigenvalue weighted by Crippen LogP contribution is -2.22. The van der Waals surface area contributed by atoms with Crippen molar-refractivity contribution in [2.75, 3.05) is 17.2 Å². The van der Waals surface area contributed by atoms with Crippen LogP contribution in [0.1, 0.15) is 11.1 Å². The van der Waals surface area contributed by atoms with E-state index in [2.05, 4.69) is 10.6 Å². The second-order valence-electron chi connectivity index (χ2n) is 6.28. The number of carbonyl (C=O) groups is 1. The van der Waals surface area contributed by atoms with Crippen LogP contribution in [0, 0.1) is 0 Å². The van der Waals surface area contributed by atoms with Gasteiger partial charge in [-0.05, 0) is 35.9 Å². The molecular formula is C22H19F3N2O2. The first-order chi connectivity index (χ1) is 13.9. The Morgan fingerprint density at radius 1 is 0.862 bits per heavy atom. The first kappa shape index (κ1) is 20.3. The SMILES string of the molecule is O=C(CNc1cccc(OCc2ccccc2)c1)Nc1cccc(C(F)(F)F)c1. The van der Waals surface area contributed by atoms with Gasteiger partial charge in [-0.25, -0.2) is 0 Å². The number of alkyl halides is 3. The zero-order valence-electron chi connectivity index (χ0n) is 15.4. The molecule has 3 aromatic carbocycles. The van der Waals surface area contributed by atoms with E-state index in [4.69, 9.17) is 4.74 Å². The summed E-state index contributed by atoms with van der Waals surface area (Å²) < 4.78 is 44.0.